The summed E-state index contributed by atoms with van der Waals surface area (Å²) in [5.41, 5.74) is 1.25. The molecule has 1 unspecified atom stereocenters. The molecule has 1 heterocycles. The molecule has 1 atom stereocenters. The number of hydrogen-bond acceptors (Lipinski definition) is 2. The first-order valence-electron chi connectivity index (χ1n) is 6.33. The van der Waals surface area contributed by atoms with Gasteiger partial charge in [0.05, 0.1) is 0 Å². The van der Waals surface area contributed by atoms with Gasteiger partial charge in [0, 0.05) is 0 Å². The van der Waals surface area contributed by atoms with E-state index in [-0.39, 0.29) is 0 Å². The fourth-order valence-electron chi connectivity index (χ4n) is 2.48. The number of nitrogens with one attached hydrogen (secondary N) is 1. The molecule has 16 heavy (non-hydrogen) atoms. The van der Waals surface area contributed by atoms with Gasteiger partial charge < -0.3 is 10.4 Å². The van der Waals surface area contributed by atoms with Gasteiger partial charge in [0.1, 0.15) is 5.75 Å². The first kappa shape index (κ1) is 11.5. The third-order valence-corrected chi connectivity index (χ3v) is 3.39. The van der Waals surface area contributed by atoms with Crippen molar-refractivity contribution >= 4 is 0 Å². The molecule has 0 saturated carbocycles. The Hall–Kier alpha value is -1.02. The van der Waals surface area contributed by atoms with Crippen molar-refractivity contribution in [3.63, 3.8) is 0 Å². The Bertz CT molecular complexity index is 318. The van der Waals surface area contributed by atoms with Gasteiger partial charge in [-0.25, -0.2) is 0 Å². The highest BCUT2D eigenvalue weighted by Crippen LogP contribution is 2.18. The summed E-state index contributed by atoms with van der Waals surface area (Å²) >= 11 is 0. The molecule has 2 N–H and O–H groups in total. The second kappa shape index (κ2) is 5.90. The molecule has 2 heteroatoms. The molecular weight excluding hydrogens is 198 g/mol. The largest absolute Gasteiger partial charge is 0.508 e. The highest BCUT2D eigenvalue weighted by Gasteiger charge is 2.11. The van der Waals surface area contributed by atoms with Crippen molar-refractivity contribution in [3.05, 3.63) is 29.8 Å². The van der Waals surface area contributed by atoms with E-state index < -0.39 is 0 Å². The summed E-state index contributed by atoms with van der Waals surface area (Å²) in [5.74, 6) is 1.25. The predicted octanol–water partition coefficient (Wildman–Crippen LogP) is 2.71. The van der Waals surface area contributed by atoms with Gasteiger partial charge in [0.2, 0.25) is 0 Å². The maximum Gasteiger partial charge on any atom is 0.115 e. The zero-order chi connectivity index (χ0) is 11.2. The van der Waals surface area contributed by atoms with Crippen LogP contribution < -0.4 is 5.32 Å². The van der Waals surface area contributed by atoms with Gasteiger partial charge in [0.15, 0.2) is 0 Å². The molecule has 0 aromatic heterocycles. The van der Waals surface area contributed by atoms with Crippen LogP contribution in [0.15, 0.2) is 24.3 Å². The van der Waals surface area contributed by atoms with Crippen molar-refractivity contribution in [2.45, 2.75) is 32.1 Å². The van der Waals surface area contributed by atoms with Crippen LogP contribution in [0.2, 0.25) is 0 Å². The molecule has 2 nitrogen and oxygen atoms in total. The van der Waals surface area contributed by atoms with Gasteiger partial charge in [0.25, 0.3) is 0 Å². The highest BCUT2D eigenvalue weighted by atomic mass is 16.3. The average molecular weight is 219 g/mol. The molecule has 1 aliphatic heterocycles. The molecule has 2 rings (SSSR count). The zero-order valence-corrected chi connectivity index (χ0v) is 9.78. The molecule has 0 amide bonds. The zero-order valence-electron chi connectivity index (χ0n) is 9.78. The maximum atomic E-state index is 9.35. The summed E-state index contributed by atoms with van der Waals surface area (Å²) in [6, 6.07) is 7.62. The number of phenols is 1. The highest BCUT2D eigenvalue weighted by molar-refractivity contribution is 5.27. The van der Waals surface area contributed by atoms with E-state index >= 15 is 0 Å². The van der Waals surface area contributed by atoms with Crippen LogP contribution in [0, 0.1) is 5.92 Å². The van der Waals surface area contributed by atoms with E-state index in [9.17, 15) is 5.11 Å². The fraction of sp³-hybridized carbons (Fsp3) is 0.571. The van der Waals surface area contributed by atoms with Crippen molar-refractivity contribution < 1.29 is 5.11 Å². The van der Waals surface area contributed by atoms with Crippen LogP contribution >= 0.6 is 0 Å². The van der Waals surface area contributed by atoms with Gasteiger partial charge in [-0.1, -0.05) is 12.1 Å². The normalized spacial score (nSPS) is 20.9. The van der Waals surface area contributed by atoms with Crippen LogP contribution in [0.5, 0.6) is 5.75 Å². The molecule has 1 aromatic rings. The van der Waals surface area contributed by atoms with Gasteiger partial charge >= 0.3 is 0 Å². The Kier molecular flexibility index (Phi) is 4.23. The van der Waals surface area contributed by atoms with Crippen LogP contribution in [0.1, 0.15) is 31.2 Å². The summed E-state index contributed by atoms with van der Waals surface area (Å²) in [4.78, 5) is 0. The van der Waals surface area contributed by atoms with Crippen LogP contribution in [0.25, 0.3) is 0 Å². The first-order valence-corrected chi connectivity index (χ1v) is 6.33. The Morgan fingerprint density at radius 1 is 1.38 bits per heavy atom. The Morgan fingerprint density at radius 2 is 2.31 bits per heavy atom. The SMILES string of the molecule is Oc1cccc(CCCC2CCCNC2)c1. The monoisotopic (exact) mass is 219 g/mol. The molecule has 0 bridgehead atoms. The number of phenolic OH excluding ortho intramolecular Hbond substituents is 1. The van der Waals surface area contributed by atoms with Crippen molar-refractivity contribution in [2.24, 2.45) is 5.92 Å². The third-order valence-electron chi connectivity index (χ3n) is 3.39. The van der Waals surface area contributed by atoms with E-state index in [4.69, 9.17) is 0 Å². The van der Waals surface area contributed by atoms with Crippen molar-refractivity contribution in [3.8, 4) is 5.75 Å². The Labute approximate surface area is 97.7 Å². The first-order chi connectivity index (χ1) is 7.84. The topological polar surface area (TPSA) is 32.3 Å². The molecule has 1 saturated heterocycles. The number of piperidine rings is 1. The van der Waals surface area contributed by atoms with Crippen LogP contribution in [-0.4, -0.2) is 18.2 Å². The standard InChI is InChI=1S/C14H21NO/c16-14-8-2-5-12(10-14)4-1-6-13-7-3-9-15-11-13/h2,5,8,10,13,15-16H,1,3-4,6-7,9,11H2. The molecular formula is C14H21NO. The van der Waals surface area contributed by atoms with Crippen molar-refractivity contribution in [2.75, 3.05) is 13.1 Å². The summed E-state index contributed by atoms with van der Waals surface area (Å²) in [5, 5.41) is 12.8. The smallest absolute Gasteiger partial charge is 0.115 e. The molecule has 1 aliphatic rings. The Balaban J connectivity index is 1.71. The molecule has 0 spiro atoms. The van der Waals surface area contributed by atoms with Crippen LogP contribution in [0.4, 0.5) is 0 Å². The lowest BCUT2D eigenvalue weighted by molar-refractivity contribution is 0.351. The molecule has 1 fully saturated rings. The summed E-state index contributed by atoms with van der Waals surface area (Å²) in [6.45, 7) is 2.39. The number of benzene rings is 1. The quantitative estimate of drug-likeness (QED) is 0.816. The third kappa shape index (κ3) is 3.53. The van der Waals surface area contributed by atoms with E-state index in [1.54, 1.807) is 6.07 Å². The fourth-order valence-corrected chi connectivity index (χ4v) is 2.48. The van der Waals surface area contributed by atoms with Crippen molar-refractivity contribution in [1.29, 1.82) is 0 Å². The summed E-state index contributed by atoms with van der Waals surface area (Å²) < 4.78 is 0. The van der Waals surface area contributed by atoms with E-state index in [1.807, 2.05) is 12.1 Å². The van der Waals surface area contributed by atoms with Crippen molar-refractivity contribution in [1.82, 2.24) is 5.32 Å². The second-order valence-corrected chi connectivity index (χ2v) is 4.77. The lowest BCUT2D eigenvalue weighted by Crippen LogP contribution is -2.29. The van der Waals surface area contributed by atoms with E-state index in [1.165, 1.54) is 44.3 Å². The van der Waals surface area contributed by atoms with Gasteiger partial charge in [-0.2, -0.15) is 0 Å². The minimum atomic E-state index is 0.386. The van der Waals surface area contributed by atoms with Crippen LogP contribution in [-0.2, 0) is 6.42 Å². The second-order valence-electron chi connectivity index (χ2n) is 4.77. The lowest BCUT2D eigenvalue weighted by atomic mass is 9.93. The molecule has 0 radical (unpaired) electrons. The minimum Gasteiger partial charge on any atom is -0.508 e. The predicted molar refractivity (Wildman–Crippen MR) is 66.6 cm³/mol. The Morgan fingerprint density at radius 3 is 3.06 bits per heavy atom. The number of aryl methyl sites for hydroxylation is 1. The maximum absolute atomic E-state index is 9.35. The van der Waals surface area contributed by atoms with Crippen LogP contribution in [0.3, 0.4) is 0 Å². The number of rotatable bonds is 4. The van der Waals surface area contributed by atoms with Gasteiger partial charge in [-0.15, -0.1) is 0 Å². The molecule has 1 aromatic carbocycles. The van der Waals surface area contributed by atoms with E-state index in [0.29, 0.717) is 5.75 Å². The van der Waals surface area contributed by atoms with E-state index in [2.05, 4.69) is 11.4 Å². The lowest BCUT2D eigenvalue weighted by Gasteiger charge is -2.22. The summed E-state index contributed by atoms with van der Waals surface area (Å²) in [7, 11) is 0. The molecule has 0 aliphatic carbocycles. The average Bonchev–Trinajstić information content (AvgIpc) is 2.30. The minimum absolute atomic E-state index is 0.386. The number of aromatic hydroxyl groups is 1. The molecule has 88 valence electrons. The van der Waals surface area contributed by atoms with Gasteiger partial charge in [-0.05, 0) is 68.8 Å². The summed E-state index contributed by atoms with van der Waals surface area (Å²) in [6.07, 6.45) is 6.34. The van der Waals surface area contributed by atoms with Gasteiger partial charge in [-0.3, -0.25) is 0 Å². The number of hydrogen-bond donors (Lipinski definition) is 2. The van der Waals surface area contributed by atoms with E-state index in [0.717, 1.165) is 12.3 Å².